The molecule has 230 valence electrons. The summed E-state index contributed by atoms with van der Waals surface area (Å²) in [6, 6.07) is 11.2. The van der Waals surface area contributed by atoms with E-state index in [-0.39, 0.29) is 11.7 Å². The Labute approximate surface area is 260 Å². The molecule has 3 heterocycles. The largest absolute Gasteiger partial charge is 0.469 e. The number of esters is 2. The van der Waals surface area contributed by atoms with Gasteiger partial charge < -0.3 is 19.1 Å². The van der Waals surface area contributed by atoms with E-state index in [9.17, 15) is 9.59 Å². The van der Waals surface area contributed by atoms with Crippen LogP contribution in [0.4, 0.5) is 16.8 Å². The number of hydrogen-bond acceptors (Lipinski definition) is 12. The van der Waals surface area contributed by atoms with Gasteiger partial charge in [0.1, 0.15) is 6.73 Å². The second-order valence-corrected chi connectivity index (χ2v) is 18.6. The first-order valence-electron chi connectivity index (χ1n) is 14.0. The number of nitrogens with zero attached hydrogens (tertiary/aromatic N) is 6. The first kappa shape index (κ1) is 32.5. The number of unbranched alkanes of at least 4 members (excludes halogenated alkanes) is 1. The van der Waals surface area contributed by atoms with Gasteiger partial charge >= 0.3 is 11.9 Å². The Morgan fingerprint density at radius 3 is 2.60 bits per heavy atom. The summed E-state index contributed by atoms with van der Waals surface area (Å²) in [5.41, 5.74) is 2.11. The van der Waals surface area contributed by atoms with E-state index in [1.54, 1.807) is 16.7 Å². The lowest BCUT2D eigenvalue weighted by molar-refractivity contribution is -0.140. The van der Waals surface area contributed by atoms with Gasteiger partial charge in [-0.1, -0.05) is 43.1 Å². The average Bonchev–Trinajstić information content (AvgIpc) is 3.60. The maximum Gasteiger partial charge on any atom is 0.357 e. The first-order valence-corrected chi connectivity index (χ1v) is 19.4. The van der Waals surface area contributed by atoms with Crippen molar-refractivity contribution < 1.29 is 23.8 Å². The number of para-hydroxylation sites is 1. The minimum absolute atomic E-state index is 0.222. The van der Waals surface area contributed by atoms with E-state index in [2.05, 4.69) is 51.5 Å². The zero-order valence-corrected chi connectivity index (χ0v) is 28.1. The Bertz CT molecular complexity index is 1630. The Morgan fingerprint density at radius 2 is 1.88 bits per heavy atom. The lowest BCUT2D eigenvalue weighted by Gasteiger charge is -2.20. The monoisotopic (exact) mass is 642 g/mol. The van der Waals surface area contributed by atoms with Crippen LogP contribution in [0.1, 0.15) is 35.3 Å². The number of aryl methyl sites for hydroxylation is 1. The van der Waals surface area contributed by atoms with Crippen LogP contribution in [0.15, 0.2) is 40.7 Å². The van der Waals surface area contributed by atoms with Gasteiger partial charge in [-0.2, -0.15) is 4.99 Å². The van der Waals surface area contributed by atoms with Crippen LogP contribution in [0, 0.1) is 6.92 Å². The molecule has 0 radical (unpaired) electrons. The zero-order valence-electron chi connectivity index (χ0n) is 25.5. The Morgan fingerprint density at radius 1 is 1.09 bits per heavy atom. The number of carbonyl (C=O) groups excluding carboxylic acids is 2. The van der Waals surface area contributed by atoms with E-state index in [1.165, 1.54) is 25.6 Å². The molecule has 0 atom stereocenters. The lowest BCUT2D eigenvalue weighted by Crippen LogP contribution is -2.23. The van der Waals surface area contributed by atoms with Crippen molar-refractivity contribution in [2.75, 3.05) is 32.3 Å². The van der Waals surface area contributed by atoms with Gasteiger partial charge in [0.05, 0.1) is 24.4 Å². The van der Waals surface area contributed by atoms with Crippen molar-refractivity contribution in [3.63, 3.8) is 0 Å². The number of ether oxygens (including phenoxy) is 3. The SMILES string of the molecule is COC(=O)CCCCN(c1cc(C)c(/N=c2\sc3ccccc3n2COCC[Si](C)(C)C)nn1)c1nc(C(=O)OC)cs1. The number of thiazole rings is 2. The highest BCUT2D eigenvalue weighted by Gasteiger charge is 2.20. The van der Waals surface area contributed by atoms with Gasteiger partial charge in [-0.3, -0.25) is 9.36 Å². The molecule has 4 aromatic rings. The zero-order chi connectivity index (χ0) is 31.0. The molecule has 0 aliphatic heterocycles. The maximum absolute atomic E-state index is 12.0. The molecule has 0 saturated heterocycles. The van der Waals surface area contributed by atoms with Gasteiger partial charge in [-0.15, -0.1) is 21.5 Å². The topological polar surface area (TPSA) is 121 Å². The van der Waals surface area contributed by atoms with Crippen LogP contribution in [0.2, 0.25) is 25.7 Å². The number of fused-ring (bicyclic) bond motifs is 1. The number of carbonyl (C=O) groups is 2. The molecular weight excluding hydrogens is 605 g/mol. The van der Waals surface area contributed by atoms with E-state index in [0.717, 1.165) is 26.6 Å². The van der Waals surface area contributed by atoms with Crippen molar-refractivity contribution in [3.8, 4) is 0 Å². The van der Waals surface area contributed by atoms with Gasteiger partial charge in [0, 0.05) is 33.0 Å². The van der Waals surface area contributed by atoms with E-state index >= 15 is 0 Å². The summed E-state index contributed by atoms with van der Waals surface area (Å²) in [4.78, 5) is 35.7. The van der Waals surface area contributed by atoms with Crippen LogP contribution >= 0.6 is 22.7 Å². The second kappa shape index (κ2) is 14.8. The fraction of sp³-hybridized carbons (Fsp3) is 0.448. The van der Waals surface area contributed by atoms with Crippen molar-refractivity contribution in [2.45, 2.75) is 58.6 Å². The quantitative estimate of drug-likeness (QED) is 0.0917. The molecule has 0 unspecified atom stereocenters. The molecule has 3 aromatic heterocycles. The molecule has 0 aliphatic rings. The third-order valence-electron chi connectivity index (χ3n) is 6.59. The number of methoxy groups -OCH3 is 2. The van der Waals surface area contributed by atoms with Crippen molar-refractivity contribution in [2.24, 2.45) is 4.99 Å². The molecule has 0 saturated carbocycles. The lowest BCUT2D eigenvalue weighted by atomic mass is 10.2. The predicted molar refractivity (Wildman–Crippen MR) is 172 cm³/mol. The molecule has 0 spiro atoms. The molecule has 14 heteroatoms. The van der Waals surface area contributed by atoms with Crippen molar-refractivity contribution >= 4 is 69.7 Å². The number of rotatable bonds is 14. The number of anilines is 2. The van der Waals surface area contributed by atoms with Crippen LogP contribution in [0.25, 0.3) is 10.2 Å². The Hall–Kier alpha value is -3.46. The summed E-state index contributed by atoms with van der Waals surface area (Å²) in [6.07, 6.45) is 1.62. The molecule has 11 nitrogen and oxygen atoms in total. The highest BCUT2D eigenvalue weighted by molar-refractivity contribution is 7.16. The van der Waals surface area contributed by atoms with E-state index in [0.29, 0.717) is 55.9 Å². The molecule has 0 bridgehead atoms. The summed E-state index contributed by atoms with van der Waals surface area (Å²) in [7, 11) is 1.50. The van der Waals surface area contributed by atoms with Crippen molar-refractivity contribution in [1.82, 2.24) is 19.7 Å². The summed E-state index contributed by atoms with van der Waals surface area (Å²) in [5, 5.41) is 11.2. The molecule has 0 amide bonds. The van der Waals surface area contributed by atoms with Crippen LogP contribution in [0.5, 0.6) is 0 Å². The summed E-state index contributed by atoms with van der Waals surface area (Å²) >= 11 is 2.89. The van der Waals surface area contributed by atoms with E-state index < -0.39 is 14.0 Å². The summed E-state index contributed by atoms with van der Waals surface area (Å²) in [5.74, 6) is 0.311. The van der Waals surface area contributed by atoms with Gasteiger partial charge in [-0.05, 0) is 49.6 Å². The molecule has 0 N–H and O–H groups in total. The fourth-order valence-corrected chi connectivity index (χ4v) is 6.70. The molecule has 4 rings (SSSR count). The fourth-order valence-electron chi connectivity index (χ4n) is 4.10. The summed E-state index contributed by atoms with van der Waals surface area (Å²) in [6.45, 7) is 10.6. The third kappa shape index (κ3) is 8.78. The smallest absolute Gasteiger partial charge is 0.357 e. The van der Waals surface area contributed by atoms with E-state index in [1.807, 2.05) is 30.0 Å². The minimum Gasteiger partial charge on any atom is -0.469 e. The summed E-state index contributed by atoms with van der Waals surface area (Å²) < 4.78 is 18.9. The van der Waals surface area contributed by atoms with Gasteiger partial charge in [0.25, 0.3) is 0 Å². The molecule has 1 aromatic carbocycles. The van der Waals surface area contributed by atoms with Crippen molar-refractivity contribution in [1.29, 1.82) is 0 Å². The molecule has 0 fully saturated rings. The number of benzene rings is 1. The van der Waals surface area contributed by atoms with Crippen LogP contribution in [-0.2, 0) is 25.7 Å². The number of hydrogen-bond donors (Lipinski definition) is 0. The Kier molecular flexibility index (Phi) is 11.2. The van der Waals surface area contributed by atoms with E-state index in [4.69, 9.17) is 19.2 Å². The number of aromatic nitrogens is 4. The molecule has 43 heavy (non-hydrogen) atoms. The normalized spacial score (nSPS) is 12.1. The van der Waals surface area contributed by atoms with Crippen LogP contribution in [0.3, 0.4) is 0 Å². The van der Waals surface area contributed by atoms with Crippen molar-refractivity contribution in [3.05, 3.63) is 51.8 Å². The van der Waals surface area contributed by atoms with Gasteiger partial charge in [0.2, 0.25) is 0 Å². The molecule has 0 aliphatic carbocycles. The first-order chi connectivity index (χ1) is 20.6. The Balaban J connectivity index is 1.63. The minimum atomic E-state index is -1.20. The second-order valence-electron chi connectivity index (χ2n) is 11.1. The van der Waals surface area contributed by atoms with Crippen LogP contribution < -0.4 is 9.70 Å². The predicted octanol–water partition coefficient (Wildman–Crippen LogP) is 6.07. The van der Waals surface area contributed by atoms with Gasteiger partial charge in [-0.25, -0.2) is 9.78 Å². The molecular formula is C29H38N6O5S2Si. The average molecular weight is 643 g/mol. The highest BCUT2D eigenvalue weighted by Crippen LogP contribution is 2.30. The highest BCUT2D eigenvalue weighted by atomic mass is 32.1. The standard InChI is InChI=1S/C29H38N6O5S2Si/c1-20-17-24(34(14-10-9-13-25(36)38-2)28-30-21(18-41-28)27(37)39-3)32-33-26(20)31-29-35(19-40-15-16-43(4,5)6)22-11-7-8-12-23(22)42-29/h7-8,11-12,17-18H,9-10,13-16,19H2,1-6H3/b31-29-. The third-order valence-corrected chi connectivity index (χ3v) is 10.2. The maximum atomic E-state index is 12.0. The van der Waals surface area contributed by atoms with Crippen LogP contribution in [-0.4, -0.2) is 67.1 Å². The van der Waals surface area contributed by atoms with Gasteiger partial charge in [0.15, 0.2) is 27.3 Å².